The summed E-state index contributed by atoms with van der Waals surface area (Å²) in [6.07, 6.45) is 0.586. The number of rotatable bonds is 4. The average Bonchev–Trinajstić information content (AvgIpc) is 3.14. The van der Waals surface area contributed by atoms with E-state index in [9.17, 15) is 9.90 Å². The van der Waals surface area contributed by atoms with E-state index in [1.807, 2.05) is 70.2 Å². The predicted octanol–water partition coefficient (Wildman–Crippen LogP) is 4.52. The number of aryl methyl sites for hydroxylation is 1. The Labute approximate surface area is 190 Å². The number of fused-ring (bicyclic) bond motifs is 1. The molecule has 2 aromatic rings. The van der Waals surface area contributed by atoms with E-state index in [0.29, 0.717) is 19.6 Å². The summed E-state index contributed by atoms with van der Waals surface area (Å²) in [5, 5.41) is 14.3. The Bertz CT molecular complexity index is 953. The largest absolute Gasteiger partial charge is 0.485 e. The fourth-order valence-corrected chi connectivity index (χ4v) is 4.54. The normalized spacial score (nSPS) is 23.5. The fraction of sp³-hybridized carbons (Fsp3) is 0.500. The van der Waals surface area contributed by atoms with Crippen molar-refractivity contribution in [2.75, 3.05) is 19.6 Å². The summed E-state index contributed by atoms with van der Waals surface area (Å²) in [6, 6.07) is 16.0. The SMILES string of the molecule is Cc1ccc([C@H](O)CN[C@H]2C[C@@]3(CCN(C(=O)OC(C)(C)C)C3)Oc3ccccc32)cc1. The van der Waals surface area contributed by atoms with Crippen LogP contribution in [0.3, 0.4) is 0 Å². The van der Waals surface area contributed by atoms with Gasteiger partial charge in [0.1, 0.15) is 17.0 Å². The number of nitrogens with one attached hydrogen (secondary N) is 1. The third-order valence-corrected chi connectivity index (χ3v) is 6.18. The minimum atomic E-state index is -0.594. The highest BCUT2D eigenvalue weighted by molar-refractivity contribution is 5.68. The first-order valence-electron chi connectivity index (χ1n) is 11.4. The van der Waals surface area contributed by atoms with E-state index >= 15 is 0 Å². The number of nitrogens with zero attached hydrogens (tertiary/aromatic N) is 1. The summed E-state index contributed by atoms with van der Waals surface area (Å²) in [5.41, 5.74) is 2.17. The lowest BCUT2D eigenvalue weighted by Crippen LogP contribution is -2.47. The van der Waals surface area contributed by atoms with Crippen molar-refractivity contribution in [2.24, 2.45) is 0 Å². The molecule has 0 radical (unpaired) electrons. The molecule has 0 saturated carbocycles. The van der Waals surface area contributed by atoms with Gasteiger partial charge in [0.2, 0.25) is 0 Å². The summed E-state index contributed by atoms with van der Waals surface area (Å²) in [5.74, 6) is 0.840. The van der Waals surface area contributed by atoms with E-state index in [2.05, 4.69) is 11.4 Å². The van der Waals surface area contributed by atoms with E-state index in [-0.39, 0.29) is 12.1 Å². The van der Waals surface area contributed by atoms with Gasteiger partial charge in [-0.15, -0.1) is 0 Å². The maximum Gasteiger partial charge on any atom is 0.410 e. The van der Waals surface area contributed by atoms with Crippen LogP contribution in [-0.4, -0.2) is 46.9 Å². The number of carbonyl (C=O) groups is 1. The molecular weight excluding hydrogens is 404 g/mol. The molecule has 0 aromatic heterocycles. The van der Waals surface area contributed by atoms with Crippen molar-refractivity contribution in [1.82, 2.24) is 10.2 Å². The van der Waals surface area contributed by atoms with Gasteiger partial charge in [0.05, 0.1) is 12.6 Å². The Morgan fingerprint density at radius 3 is 2.69 bits per heavy atom. The molecule has 2 aromatic carbocycles. The predicted molar refractivity (Wildman–Crippen MR) is 124 cm³/mol. The van der Waals surface area contributed by atoms with E-state index in [1.165, 1.54) is 5.56 Å². The van der Waals surface area contributed by atoms with Gasteiger partial charge in [-0.05, 0) is 39.3 Å². The number of aliphatic hydroxyl groups is 1. The monoisotopic (exact) mass is 438 g/mol. The molecule has 2 N–H and O–H groups in total. The molecule has 2 heterocycles. The van der Waals surface area contributed by atoms with Crippen LogP contribution in [0, 0.1) is 6.92 Å². The molecule has 0 aliphatic carbocycles. The number of hydrogen-bond donors (Lipinski definition) is 2. The minimum absolute atomic E-state index is 0.0265. The van der Waals surface area contributed by atoms with Crippen LogP contribution in [0.4, 0.5) is 4.79 Å². The molecule has 6 heteroatoms. The quantitative estimate of drug-likeness (QED) is 0.734. The Balaban J connectivity index is 1.47. The highest BCUT2D eigenvalue weighted by Crippen LogP contribution is 2.44. The van der Waals surface area contributed by atoms with Crippen LogP contribution in [0.1, 0.15) is 62.4 Å². The number of ether oxygens (including phenoxy) is 2. The van der Waals surface area contributed by atoms with Gasteiger partial charge in [0.15, 0.2) is 0 Å². The first kappa shape index (κ1) is 22.6. The van der Waals surface area contributed by atoms with Crippen molar-refractivity contribution in [2.45, 2.75) is 63.9 Å². The van der Waals surface area contributed by atoms with Crippen molar-refractivity contribution in [3.8, 4) is 5.75 Å². The lowest BCUT2D eigenvalue weighted by molar-refractivity contribution is 0.0120. The van der Waals surface area contributed by atoms with Crippen molar-refractivity contribution in [3.63, 3.8) is 0 Å². The lowest BCUT2D eigenvalue weighted by atomic mass is 9.86. The maximum atomic E-state index is 12.6. The number of benzene rings is 2. The highest BCUT2D eigenvalue weighted by atomic mass is 16.6. The second kappa shape index (κ2) is 8.75. The molecule has 0 unspecified atom stereocenters. The van der Waals surface area contributed by atoms with Gasteiger partial charge < -0.3 is 24.8 Å². The zero-order chi connectivity index (χ0) is 22.9. The van der Waals surface area contributed by atoms with Crippen LogP contribution in [0.25, 0.3) is 0 Å². The molecule has 32 heavy (non-hydrogen) atoms. The minimum Gasteiger partial charge on any atom is -0.485 e. The molecule has 6 nitrogen and oxygen atoms in total. The lowest BCUT2D eigenvalue weighted by Gasteiger charge is -2.40. The van der Waals surface area contributed by atoms with E-state index in [1.54, 1.807) is 4.90 Å². The summed E-state index contributed by atoms with van der Waals surface area (Å²) in [6.45, 7) is 9.21. The zero-order valence-corrected chi connectivity index (χ0v) is 19.4. The van der Waals surface area contributed by atoms with Crippen LogP contribution >= 0.6 is 0 Å². The van der Waals surface area contributed by atoms with Gasteiger partial charge in [-0.3, -0.25) is 0 Å². The smallest absolute Gasteiger partial charge is 0.410 e. The van der Waals surface area contributed by atoms with E-state index in [0.717, 1.165) is 29.7 Å². The molecule has 172 valence electrons. The number of likely N-dealkylation sites (tertiary alicyclic amines) is 1. The highest BCUT2D eigenvalue weighted by Gasteiger charge is 2.47. The van der Waals surface area contributed by atoms with Gasteiger partial charge in [0, 0.05) is 37.5 Å². The van der Waals surface area contributed by atoms with Crippen LogP contribution in [0.2, 0.25) is 0 Å². The zero-order valence-electron chi connectivity index (χ0n) is 19.4. The van der Waals surface area contributed by atoms with Crippen molar-refractivity contribution < 1.29 is 19.4 Å². The van der Waals surface area contributed by atoms with Crippen molar-refractivity contribution in [3.05, 3.63) is 65.2 Å². The Morgan fingerprint density at radius 1 is 1.25 bits per heavy atom. The van der Waals surface area contributed by atoms with Crippen LogP contribution in [0.15, 0.2) is 48.5 Å². The number of amides is 1. The summed E-state index contributed by atoms with van der Waals surface area (Å²) < 4.78 is 12.0. The second-order valence-corrected chi connectivity index (χ2v) is 10.1. The standard InChI is InChI=1S/C26H34N2O4/c1-18-9-11-19(12-10-18)22(29)16-27-21-15-26(31-23-8-6-5-7-20(21)23)13-14-28(17-26)24(30)32-25(2,3)4/h5-12,21-22,27,29H,13-17H2,1-4H3/t21-,22+,26+/m0/s1. The fourth-order valence-electron chi connectivity index (χ4n) is 4.54. The first-order chi connectivity index (χ1) is 15.1. The van der Waals surface area contributed by atoms with E-state index < -0.39 is 17.3 Å². The van der Waals surface area contributed by atoms with Gasteiger partial charge >= 0.3 is 6.09 Å². The van der Waals surface area contributed by atoms with Gasteiger partial charge in [-0.1, -0.05) is 48.0 Å². The number of aliphatic hydroxyl groups excluding tert-OH is 1. The Kier molecular flexibility index (Phi) is 6.19. The molecule has 1 spiro atoms. The summed E-state index contributed by atoms with van der Waals surface area (Å²) in [7, 11) is 0. The third-order valence-electron chi connectivity index (χ3n) is 6.18. The van der Waals surface area contributed by atoms with Gasteiger partial charge in [0.25, 0.3) is 0 Å². The molecule has 4 rings (SSSR count). The van der Waals surface area contributed by atoms with Gasteiger partial charge in [-0.25, -0.2) is 4.79 Å². The molecule has 3 atom stereocenters. The number of hydrogen-bond acceptors (Lipinski definition) is 5. The molecule has 1 fully saturated rings. The van der Waals surface area contributed by atoms with Crippen LogP contribution in [-0.2, 0) is 4.74 Å². The molecular formula is C26H34N2O4. The first-order valence-corrected chi connectivity index (χ1v) is 11.4. The molecule has 2 aliphatic heterocycles. The topological polar surface area (TPSA) is 71.0 Å². The second-order valence-electron chi connectivity index (χ2n) is 10.1. The molecule has 2 aliphatic rings. The molecule has 0 bridgehead atoms. The Hall–Kier alpha value is -2.57. The maximum absolute atomic E-state index is 12.6. The Morgan fingerprint density at radius 2 is 1.97 bits per heavy atom. The van der Waals surface area contributed by atoms with Crippen molar-refractivity contribution in [1.29, 1.82) is 0 Å². The molecule has 1 amide bonds. The van der Waals surface area contributed by atoms with Crippen molar-refractivity contribution >= 4 is 6.09 Å². The van der Waals surface area contributed by atoms with Crippen LogP contribution < -0.4 is 10.1 Å². The number of carbonyl (C=O) groups excluding carboxylic acids is 1. The average molecular weight is 439 g/mol. The number of para-hydroxylation sites is 1. The molecule has 1 saturated heterocycles. The van der Waals surface area contributed by atoms with Gasteiger partial charge in [-0.2, -0.15) is 0 Å². The van der Waals surface area contributed by atoms with E-state index in [4.69, 9.17) is 9.47 Å². The summed E-state index contributed by atoms with van der Waals surface area (Å²) >= 11 is 0. The summed E-state index contributed by atoms with van der Waals surface area (Å²) in [4.78, 5) is 14.4. The third kappa shape index (κ3) is 5.08. The van der Waals surface area contributed by atoms with Crippen LogP contribution in [0.5, 0.6) is 5.75 Å².